The predicted octanol–water partition coefficient (Wildman–Crippen LogP) is 3.25. The summed E-state index contributed by atoms with van der Waals surface area (Å²) in [5.74, 6) is 0.894. The average molecular weight is 446 g/mol. The molecule has 1 rings (SSSR count). The normalized spacial score (nSPS) is 11.0. The molecule has 0 bridgehead atoms. The van der Waals surface area contributed by atoms with Crippen molar-refractivity contribution in [1.82, 2.24) is 15.5 Å². The predicted molar refractivity (Wildman–Crippen MR) is 112 cm³/mol. The smallest absolute Gasteiger partial charge is 0.253 e. The van der Waals surface area contributed by atoms with Crippen LogP contribution in [0.5, 0.6) is 0 Å². The molecule has 0 aromatic heterocycles. The summed E-state index contributed by atoms with van der Waals surface area (Å²) in [6.45, 7) is 13.1. The monoisotopic (exact) mass is 446 g/mol. The highest BCUT2D eigenvalue weighted by Gasteiger charge is 2.11. The van der Waals surface area contributed by atoms with E-state index in [9.17, 15) is 4.79 Å². The zero-order valence-electron chi connectivity index (χ0n) is 15.4. The number of halogens is 1. The molecule has 0 fully saturated rings. The Morgan fingerprint density at radius 3 is 2.17 bits per heavy atom. The number of carbonyl (C=O) groups is 1. The first-order valence-electron chi connectivity index (χ1n) is 8.44. The second-order valence-electron chi connectivity index (χ2n) is 5.67. The number of guanidine groups is 1. The Kier molecular flexibility index (Phi) is 11.4. The van der Waals surface area contributed by atoms with Gasteiger partial charge in [0.25, 0.3) is 5.91 Å². The fraction of sp³-hybridized carbons (Fsp3) is 0.556. The Bertz CT molecular complexity index is 510. The van der Waals surface area contributed by atoms with Crippen LogP contribution in [-0.2, 0) is 6.54 Å². The number of aliphatic imine (C=N–C) groups is 1. The number of carbonyl (C=O) groups excluding carboxylic acids is 1. The lowest BCUT2D eigenvalue weighted by Gasteiger charge is -2.18. The van der Waals surface area contributed by atoms with Crippen molar-refractivity contribution in [3.05, 3.63) is 35.4 Å². The Morgan fingerprint density at radius 1 is 1.12 bits per heavy atom. The number of hydrogen-bond acceptors (Lipinski definition) is 2. The van der Waals surface area contributed by atoms with E-state index in [-0.39, 0.29) is 29.9 Å². The SMILES string of the molecule is CCNC(=NCc1ccc(C(=O)N(CC)CC)cc1)NC(C)C.I. The maximum Gasteiger partial charge on any atom is 0.253 e. The number of nitrogens with one attached hydrogen (secondary N) is 2. The van der Waals surface area contributed by atoms with Gasteiger partial charge in [0.15, 0.2) is 5.96 Å². The summed E-state index contributed by atoms with van der Waals surface area (Å²) >= 11 is 0. The van der Waals surface area contributed by atoms with Crippen LogP contribution in [0.15, 0.2) is 29.3 Å². The van der Waals surface area contributed by atoms with Crippen LogP contribution in [0.2, 0.25) is 0 Å². The zero-order valence-corrected chi connectivity index (χ0v) is 17.8. The lowest BCUT2D eigenvalue weighted by Crippen LogP contribution is -2.41. The number of hydrogen-bond donors (Lipinski definition) is 2. The minimum absolute atomic E-state index is 0. The molecule has 0 heterocycles. The fourth-order valence-electron chi connectivity index (χ4n) is 2.21. The third-order valence-electron chi connectivity index (χ3n) is 3.44. The molecule has 1 aromatic rings. The van der Waals surface area contributed by atoms with Gasteiger partial charge in [0.05, 0.1) is 6.54 Å². The summed E-state index contributed by atoms with van der Waals surface area (Å²) in [6.07, 6.45) is 0. The lowest BCUT2D eigenvalue weighted by atomic mass is 10.1. The van der Waals surface area contributed by atoms with Gasteiger partial charge in [-0.3, -0.25) is 4.79 Å². The molecule has 1 aromatic carbocycles. The second kappa shape index (κ2) is 12.1. The number of nitrogens with zero attached hydrogens (tertiary/aromatic N) is 2. The van der Waals surface area contributed by atoms with Gasteiger partial charge in [-0.1, -0.05) is 12.1 Å². The van der Waals surface area contributed by atoms with E-state index in [0.717, 1.165) is 36.7 Å². The molecule has 24 heavy (non-hydrogen) atoms. The lowest BCUT2D eigenvalue weighted by molar-refractivity contribution is 0.0773. The van der Waals surface area contributed by atoms with Crippen molar-refractivity contribution < 1.29 is 4.79 Å². The molecular formula is C18H31IN4O. The Balaban J connectivity index is 0.00000529. The van der Waals surface area contributed by atoms with Crippen molar-refractivity contribution in [3.8, 4) is 0 Å². The van der Waals surface area contributed by atoms with Gasteiger partial charge in [-0.15, -0.1) is 24.0 Å². The summed E-state index contributed by atoms with van der Waals surface area (Å²) in [7, 11) is 0. The van der Waals surface area contributed by atoms with E-state index in [4.69, 9.17) is 0 Å². The topological polar surface area (TPSA) is 56.7 Å². The highest BCUT2D eigenvalue weighted by atomic mass is 127. The summed E-state index contributed by atoms with van der Waals surface area (Å²) in [6, 6.07) is 8.04. The van der Waals surface area contributed by atoms with E-state index in [0.29, 0.717) is 12.6 Å². The molecule has 6 heteroatoms. The van der Waals surface area contributed by atoms with E-state index in [1.807, 2.05) is 49.9 Å². The largest absolute Gasteiger partial charge is 0.357 e. The van der Waals surface area contributed by atoms with Crippen LogP contribution in [0.25, 0.3) is 0 Å². The Morgan fingerprint density at radius 2 is 1.71 bits per heavy atom. The van der Waals surface area contributed by atoms with E-state index in [1.165, 1.54) is 0 Å². The minimum Gasteiger partial charge on any atom is -0.357 e. The molecule has 1 amide bonds. The fourth-order valence-corrected chi connectivity index (χ4v) is 2.21. The molecule has 5 nitrogen and oxygen atoms in total. The molecule has 2 N–H and O–H groups in total. The van der Waals surface area contributed by atoms with Crippen LogP contribution in [0.4, 0.5) is 0 Å². The van der Waals surface area contributed by atoms with Gasteiger partial charge in [-0.25, -0.2) is 4.99 Å². The van der Waals surface area contributed by atoms with Crippen LogP contribution in [0.1, 0.15) is 50.5 Å². The molecule has 0 unspecified atom stereocenters. The highest BCUT2D eigenvalue weighted by molar-refractivity contribution is 14.0. The molecule has 0 atom stereocenters. The summed E-state index contributed by atoms with van der Waals surface area (Å²) in [5.41, 5.74) is 1.82. The van der Waals surface area contributed by atoms with E-state index < -0.39 is 0 Å². The van der Waals surface area contributed by atoms with Gasteiger partial charge in [-0.2, -0.15) is 0 Å². The molecular weight excluding hydrogens is 415 g/mol. The first-order chi connectivity index (χ1) is 11.0. The van der Waals surface area contributed by atoms with Crippen molar-refractivity contribution in [1.29, 1.82) is 0 Å². The standard InChI is InChI=1S/C18H30N4O.HI/c1-6-19-18(21-14(4)5)20-13-15-9-11-16(12-10-15)17(23)22(7-2)8-3;/h9-12,14H,6-8,13H2,1-5H3,(H2,19,20,21);1H. The van der Waals surface area contributed by atoms with Crippen LogP contribution < -0.4 is 10.6 Å². The summed E-state index contributed by atoms with van der Waals surface area (Å²) < 4.78 is 0. The van der Waals surface area contributed by atoms with Crippen molar-refractivity contribution >= 4 is 35.8 Å². The Hall–Kier alpha value is -1.31. The average Bonchev–Trinajstić information content (AvgIpc) is 2.54. The molecule has 0 saturated heterocycles. The third kappa shape index (κ3) is 7.51. The van der Waals surface area contributed by atoms with Crippen LogP contribution >= 0.6 is 24.0 Å². The maximum atomic E-state index is 12.3. The Labute approximate surface area is 163 Å². The van der Waals surface area contributed by atoms with Crippen molar-refractivity contribution in [2.45, 2.75) is 47.2 Å². The number of amides is 1. The highest BCUT2D eigenvalue weighted by Crippen LogP contribution is 2.09. The van der Waals surface area contributed by atoms with Gasteiger partial charge >= 0.3 is 0 Å². The molecule has 0 aliphatic carbocycles. The van der Waals surface area contributed by atoms with Crippen molar-refractivity contribution in [2.75, 3.05) is 19.6 Å². The minimum atomic E-state index is 0. The summed E-state index contributed by atoms with van der Waals surface area (Å²) in [4.78, 5) is 18.7. The van der Waals surface area contributed by atoms with Crippen molar-refractivity contribution in [3.63, 3.8) is 0 Å². The van der Waals surface area contributed by atoms with Gasteiger partial charge < -0.3 is 15.5 Å². The molecule has 0 spiro atoms. The van der Waals surface area contributed by atoms with Crippen LogP contribution in [0, 0.1) is 0 Å². The van der Waals surface area contributed by atoms with E-state index in [2.05, 4.69) is 29.5 Å². The summed E-state index contributed by atoms with van der Waals surface area (Å²) in [5, 5.41) is 6.51. The maximum absolute atomic E-state index is 12.3. The third-order valence-corrected chi connectivity index (χ3v) is 3.44. The zero-order chi connectivity index (χ0) is 17.2. The van der Waals surface area contributed by atoms with Gasteiger partial charge in [0, 0.05) is 31.2 Å². The van der Waals surface area contributed by atoms with Crippen molar-refractivity contribution in [2.24, 2.45) is 4.99 Å². The molecule has 136 valence electrons. The first kappa shape index (κ1) is 22.7. The van der Waals surface area contributed by atoms with Crippen LogP contribution in [-0.4, -0.2) is 42.4 Å². The molecule has 0 aliphatic heterocycles. The van der Waals surface area contributed by atoms with E-state index in [1.54, 1.807) is 0 Å². The van der Waals surface area contributed by atoms with Gasteiger partial charge in [-0.05, 0) is 52.3 Å². The number of rotatable bonds is 7. The molecule has 0 radical (unpaired) electrons. The molecule has 0 saturated carbocycles. The first-order valence-corrected chi connectivity index (χ1v) is 8.44. The van der Waals surface area contributed by atoms with Gasteiger partial charge in [0.2, 0.25) is 0 Å². The number of benzene rings is 1. The van der Waals surface area contributed by atoms with Gasteiger partial charge in [0.1, 0.15) is 0 Å². The van der Waals surface area contributed by atoms with E-state index >= 15 is 0 Å². The molecule has 0 aliphatic rings. The quantitative estimate of drug-likeness (QED) is 0.384. The second-order valence-corrected chi connectivity index (χ2v) is 5.67. The van der Waals surface area contributed by atoms with Crippen LogP contribution in [0.3, 0.4) is 0 Å².